The second kappa shape index (κ2) is 8.05. The summed E-state index contributed by atoms with van der Waals surface area (Å²) in [4.78, 5) is 14.9. The molecule has 1 amide bonds. The number of hydrogen-bond acceptors (Lipinski definition) is 4. The Morgan fingerprint density at radius 1 is 1.10 bits per heavy atom. The van der Waals surface area contributed by atoms with Crippen molar-refractivity contribution in [3.05, 3.63) is 71.3 Å². The van der Waals surface area contributed by atoms with Crippen LogP contribution in [0.15, 0.2) is 54.6 Å². The molecule has 3 rings (SSSR count). The molecule has 30 heavy (non-hydrogen) atoms. The lowest BCUT2D eigenvalue weighted by molar-refractivity contribution is -0.101. The summed E-state index contributed by atoms with van der Waals surface area (Å²) in [6.07, 6.45) is 0.605. The highest BCUT2D eigenvalue weighted by Crippen LogP contribution is 2.42. The maximum atomic E-state index is 13.1. The lowest BCUT2D eigenvalue weighted by Crippen LogP contribution is -2.51. The summed E-state index contributed by atoms with van der Waals surface area (Å²) in [5, 5.41) is 10.5. The standard InChI is InChI=1S/C25H34N2O3/c1-18(19-11-13-20(14-12-19)24(4,5)26)27-16-15-25(30-22(27)28,17-23(2,3)29)21-9-7-6-8-10-21/h6-14,18,29H,15-17,26H2,1-5H3/t18-,25-/m0/s1. The van der Waals surface area contributed by atoms with E-state index in [4.69, 9.17) is 10.5 Å². The summed E-state index contributed by atoms with van der Waals surface area (Å²) in [7, 11) is 0. The zero-order valence-electron chi connectivity index (χ0n) is 18.7. The first kappa shape index (κ1) is 22.3. The second-order valence-electron chi connectivity index (χ2n) is 9.68. The largest absolute Gasteiger partial charge is 0.438 e. The minimum Gasteiger partial charge on any atom is -0.438 e. The van der Waals surface area contributed by atoms with E-state index in [1.807, 2.05) is 75.4 Å². The minimum absolute atomic E-state index is 0.122. The summed E-state index contributed by atoms with van der Waals surface area (Å²) in [5.41, 5.74) is 6.98. The van der Waals surface area contributed by atoms with Gasteiger partial charge in [0.15, 0.2) is 0 Å². The van der Waals surface area contributed by atoms with Gasteiger partial charge in [0, 0.05) is 24.9 Å². The Bertz CT molecular complexity index is 866. The van der Waals surface area contributed by atoms with E-state index in [1.165, 1.54) is 0 Å². The van der Waals surface area contributed by atoms with Crippen molar-refractivity contribution in [3.63, 3.8) is 0 Å². The van der Waals surface area contributed by atoms with E-state index in [0.717, 1.165) is 16.7 Å². The van der Waals surface area contributed by atoms with Crippen molar-refractivity contribution < 1.29 is 14.6 Å². The SMILES string of the molecule is C[C@@H](c1ccc(C(C)(C)N)cc1)N1CC[C@](CC(C)(C)O)(c2ccccc2)OC1=O. The number of aliphatic hydroxyl groups is 1. The molecule has 1 aliphatic heterocycles. The van der Waals surface area contributed by atoms with Crippen LogP contribution < -0.4 is 5.73 Å². The number of amides is 1. The van der Waals surface area contributed by atoms with Gasteiger partial charge in [-0.3, -0.25) is 0 Å². The van der Waals surface area contributed by atoms with E-state index in [2.05, 4.69) is 0 Å². The van der Waals surface area contributed by atoms with Crippen LogP contribution in [0.25, 0.3) is 0 Å². The zero-order valence-corrected chi connectivity index (χ0v) is 18.7. The van der Waals surface area contributed by atoms with Gasteiger partial charge in [0.25, 0.3) is 0 Å². The molecule has 0 bridgehead atoms. The zero-order chi connectivity index (χ0) is 22.2. The number of rotatable bonds is 6. The second-order valence-corrected chi connectivity index (χ2v) is 9.68. The van der Waals surface area contributed by atoms with Crippen molar-refractivity contribution in [2.24, 2.45) is 5.73 Å². The fourth-order valence-corrected chi connectivity index (χ4v) is 4.26. The van der Waals surface area contributed by atoms with Gasteiger partial charge < -0.3 is 20.5 Å². The number of benzene rings is 2. The molecule has 0 saturated carbocycles. The Hall–Kier alpha value is -2.37. The number of carbonyl (C=O) groups excluding carboxylic acids is 1. The van der Waals surface area contributed by atoms with Gasteiger partial charge >= 0.3 is 6.09 Å². The van der Waals surface area contributed by atoms with E-state index < -0.39 is 16.7 Å². The van der Waals surface area contributed by atoms with Crippen molar-refractivity contribution in [1.29, 1.82) is 0 Å². The first-order valence-electron chi connectivity index (χ1n) is 10.6. The average molecular weight is 411 g/mol. The van der Waals surface area contributed by atoms with Crippen molar-refractivity contribution in [1.82, 2.24) is 4.90 Å². The van der Waals surface area contributed by atoms with Crippen LogP contribution in [0.4, 0.5) is 4.79 Å². The third-order valence-corrected chi connectivity index (χ3v) is 5.90. The molecule has 1 heterocycles. The highest BCUT2D eigenvalue weighted by molar-refractivity contribution is 5.70. The van der Waals surface area contributed by atoms with Crippen LogP contribution in [-0.2, 0) is 15.9 Å². The molecule has 2 aromatic carbocycles. The highest BCUT2D eigenvalue weighted by atomic mass is 16.6. The first-order chi connectivity index (χ1) is 13.9. The summed E-state index contributed by atoms with van der Waals surface area (Å²) in [5.74, 6) is 0. The summed E-state index contributed by atoms with van der Waals surface area (Å²) in [6, 6.07) is 17.7. The Kier molecular flexibility index (Phi) is 5.99. The van der Waals surface area contributed by atoms with Gasteiger partial charge in [-0.2, -0.15) is 0 Å². The van der Waals surface area contributed by atoms with Crippen LogP contribution in [0, 0.1) is 0 Å². The third kappa shape index (κ3) is 4.85. The van der Waals surface area contributed by atoms with Gasteiger partial charge in [-0.25, -0.2) is 4.79 Å². The van der Waals surface area contributed by atoms with E-state index in [0.29, 0.717) is 19.4 Å². The first-order valence-corrected chi connectivity index (χ1v) is 10.6. The average Bonchev–Trinajstić information content (AvgIpc) is 2.66. The van der Waals surface area contributed by atoms with Crippen molar-refractivity contribution in [2.45, 2.75) is 70.2 Å². The number of hydrogen-bond donors (Lipinski definition) is 2. The predicted molar refractivity (Wildman–Crippen MR) is 119 cm³/mol. The molecule has 1 saturated heterocycles. The topological polar surface area (TPSA) is 75.8 Å². The van der Waals surface area contributed by atoms with Gasteiger partial charge in [0.05, 0.1) is 11.6 Å². The number of ether oxygens (including phenoxy) is 1. The Balaban J connectivity index is 1.82. The molecule has 0 spiro atoms. The molecule has 5 heteroatoms. The smallest absolute Gasteiger partial charge is 0.411 e. The summed E-state index contributed by atoms with van der Waals surface area (Å²) < 4.78 is 6.08. The van der Waals surface area contributed by atoms with Gasteiger partial charge in [-0.1, -0.05) is 54.6 Å². The van der Waals surface area contributed by atoms with E-state index in [9.17, 15) is 9.90 Å². The Morgan fingerprint density at radius 3 is 2.20 bits per heavy atom. The molecular formula is C25H34N2O3. The van der Waals surface area contributed by atoms with Gasteiger partial charge in [-0.05, 0) is 51.3 Å². The molecule has 2 aromatic rings. The van der Waals surface area contributed by atoms with Crippen LogP contribution in [0.3, 0.4) is 0 Å². The van der Waals surface area contributed by atoms with Crippen molar-refractivity contribution >= 4 is 6.09 Å². The number of nitrogens with zero attached hydrogens (tertiary/aromatic N) is 1. The fourth-order valence-electron chi connectivity index (χ4n) is 4.26. The lowest BCUT2D eigenvalue weighted by Gasteiger charge is -2.45. The van der Waals surface area contributed by atoms with E-state index in [-0.39, 0.29) is 12.1 Å². The third-order valence-electron chi connectivity index (χ3n) is 5.90. The van der Waals surface area contributed by atoms with Crippen LogP contribution >= 0.6 is 0 Å². The molecule has 1 aliphatic rings. The molecule has 3 N–H and O–H groups in total. The molecular weight excluding hydrogens is 376 g/mol. The van der Waals surface area contributed by atoms with Crippen LogP contribution in [0.5, 0.6) is 0 Å². The maximum absolute atomic E-state index is 13.1. The highest BCUT2D eigenvalue weighted by Gasteiger charge is 2.46. The quantitative estimate of drug-likeness (QED) is 0.714. The molecule has 0 unspecified atom stereocenters. The molecule has 1 fully saturated rings. The van der Waals surface area contributed by atoms with E-state index >= 15 is 0 Å². The molecule has 0 radical (unpaired) electrons. The summed E-state index contributed by atoms with van der Waals surface area (Å²) in [6.45, 7) is 10.0. The molecule has 162 valence electrons. The van der Waals surface area contributed by atoms with Crippen LogP contribution in [0.1, 0.15) is 70.2 Å². The Labute approximate surface area is 179 Å². The lowest BCUT2D eigenvalue weighted by atomic mass is 9.80. The van der Waals surface area contributed by atoms with Crippen molar-refractivity contribution in [3.8, 4) is 0 Å². The van der Waals surface area contributed by atoms with Crippen molar-refractivity contribution in [2.75, 3.05) is 6.54 Å². The molecule has 0 aliphatic carbocycles. The summed E-state index contributed by atoms with van der Waals surface area (Å²) >= 11 is 0. The van der Waals surface area contributed by atoms with Gasteiger partial charge in [0.2, 0.25) is 0 Å². The minimum atomic E-state index is -0.964. The van der Waals surface area contributed by atoms with Gasteiger partial charge in [-0.15, -0.1) is 0 Å². The fraction of sp³-hybridized carbons (Fsp3) is 0.480. The predicted octanol–water partition coefficient (Wildman–Crippen LogP) is 4.84. The van der Waals surface area contributed by atoms with Gasteiger partial charge in [0.1, 0.15) is 5.60 Å². The monoisotopic (exact) mass is 410 g/mol. The number of nitrogens with two attached hydrogens (primary N) is 1. The molecule has 0 aromatic heterocycles. The number of carbonyl (C=O) groups is 1. The Morgan fingerprint density at radius 2 is 1.70 bits per heavy atom. The van der Waals surface area contributed by atoms with Crippen LogP contribution in [0.2, 0.25) is 0 Å². The van der Waals surface area contributed by atoms with Crippen LogP contribution in [-0.4, -0.2) is 28.2 Å². The van der Waals surface area contributed by atoms with E-state index in [1.54, 1.807) is 18.7 Å². The maximum Gasteiger partial charge on any atom is 0.411 e. The number of cyclic esters (lactones) is 1. The molecule has 2 atom stereocenters. The molecule has 5 nitrogen and oxygen atoms in total. The normalized spacial score (nSPS) is 21.3.